The fourth-order valence-electron chi connectivity index (χ4n) is 1.36. The van der Waals surface area contributed by atoms with Crippen molar-refractivity contribution in [2.75, 3.05) is 5.73 Å². The molecule has 1 heterocycles. The van der Waals surface area contributed by atoms with Gasteiger partial charge in [0.2, 0.25) is 0 Å². The molecule has 0 saturated carbocycles. The maximum Gasteiger partial charge on any atom is 0.307 e. The van der Waals surface area contributed by atoms with E-state index in [4.69, 9.17) is 5.73 Å². The van der Waals surface area contributed by atoms with Crippen molar-refractivity contribution < 1.29 is 8.78 Å². The molecule has 0 aliphatic heterocycles. The molecule has 1 aromatic carbocycles. The van der Waals surface area contributed by atoms with Crippen LogP contribution in [0.1, 0.15) is 10.4 Å². The van der Waals surface area contributed by atoms with Gasteiger partial charge in [0.1, 0.15) is 0 Å². The van der Waals surface area contributed by atoms with Crippen LogP contribution in [0.25, 0.3) is 0 Å². The lowest BCUT2D eigenvalue weighted by Crippen LogP contribution is -2.13. The van der Waals surface area contributed by atoms with E-state index in [2.05, 4.69) is 15.9 Å². The summed E-state index contributed by atoms with van der Waals surface area (Å²) in [6.45, 7) is 0. The van der Waals surface area contributed by atoms with Crippen LogP contribution in [0.3, 0.4) is 0 Å². The van der Waals surface area contributed by atoms with E-state index in [1.807, 2.05) is 0 Å². The number of nitrogen functional groups attached to an aromatic ring is 1. The molecule has 0 fully saturated rings. The third-order valence-corrected chi connectivity index (χ3v) is 3.83. The summed E-state index contributed by atoms with van der Waals surface area (Å²) >= 11 is 4.19. The average molecular weight is 304 g/mol. The minimum Gasteiger partial charge on any atom is -0.399 e. The van der Waals surface area contributed by atoms with Gasteiger partial charge >= 0.3 is 5.92 Å². The van der Waals surface area contributed by atoms with Crippen molar-refractivity contribution in [2.45, 2.75) is 5.92 Å². The summed E-state index contributed by atoms with van der Waals surface area (Å²) in [5.74, 6) is -2.99. The Morgan fingerprint density at radius 3 is 2.50 bits per heavy atom. The number of nitrogens with two attached hydrogens (primary N) is 1. The second-order valence-corrected chi connectivity index (χ2v) is 5.77. The molecule has 0 bridgehead atoms. The molecule has 0 saturated heterocycles. The third kappa shape index (κ3) is 2.10. The van der Waals surface area contributed by atoms with Crippen LogP contribution in [0.15, 0.2) is 40.2 Å². The SMILES string of the molecule is Nc1cccc(C(F)(F)c2ccc(Br)s2)c1. The van der Waals surface area contributed by atoms with Crippen molar-refractivity contribution in [1.29, 1.82) is 0 Å². The molecule has 2 rings (SSSR count). The summed E-state index contributed by atoms with van der Waals surface area (Å²) in [4.78, 5) is 0.00461. The zero-order chi connectivity index (χ0) is 11.8. The predicted octanol–water partition coefficient (Wildman–Crippen LogP) is 4.23. The lowest BCUT2D eigenvalue weighted by Gasteiger charge is -2.15. The zero-order valence-corrected chi connectivity index (χ0v) is 10.5. The van der Waals surface area contributed by atoms with Crippen LogP contribution < -0.4 is 5.73 Å². The van der Waals surface area contributed by atoms with Crippen molar-refractivity contribution in [3.05, 3.63) is 50.6 Å². The van der Waals surface area contributed by atoms with Gasteiger partial charge in [-0.15, -0.1) is 11.3 Å². The Morgan fingerprint density at radius 1 is 1.19 bits per heavy atom. The average Bonchev–Trinajstić information content (AvgIpc) is 2.65. The normalized spacial score (nSPS) is 11.7. The maximum atomic E-state index is 14.0. The van der Waals surface area contributed by atoms with E-state index >= 15 is 0 Å². The Balaban J connectivity index is 2.46. The summed E-state index contributed by atoms with van der Waals surface area (Å²) in [5.41, 5.74) is 5.76. The first-order valence-electron chi connectivity index (χ1n) is 4.50. The lowest BCUT2D eigenvalue weighted by molar-refractivity contribution is 0.0470. The van der Waals surface area contributed by atoms with E-state index in [-0.39, 0.29) is 10.4 Å². The highest BCUT2D eigenvalue weighted by Crippen LogP contribution is 2.40. The molecule has 5 heteroatoms. The van der Waals surface area contributed by atoms with E-state index in [0.29, 0.717) is 9.47 Å². The smallest absolute Gasteiger partial charge is 0.307 e. The number of hydrogen-bond donors (Lipinski definition) is 1. The van der Waals surface area contributed by atoms with Crippen LogP contribution in [-0.4, -0.2) is 0 Å². The topological polar surface area (TPSA) is 26.0 Å². The minimum absolute atomic E-state index is 0.00461. The molecule has 16 heavy (non-hydrogen) atoms. The molecule has 1 aromatic heterocycles. The van der Waals surface area contributed by atoms with Crippen LogP contribution in [-0.2, 0) is 5.92 Å². The molecule has 84 valence electrons. The summed E-state index contributed by atoms with van der Waals surface area (Å²) in [6.07, 6.45) is 0. The maximum absolute atomic E-state index is 14.0. The van der Waals surface area contributed by atoms with Gasteiger partial charge in [0, 0.05) is 11.3 Å². The summed E-state index contributed by atoms with van der Waals surface area (Å²) in [6, 6.07) is 8.82. The third-order valence-electron chi connectivity index (χ3n) is 2.13. The largest absolute Gasteiger partial charge is 0.399 e. The number of anilines is 1. The molecular weight excluding hydrogens is 296 g/mol. The summed E-state index contributed by atoms with van der Waals surface area (Å²) < 4.78 is 28.7. The van der Waals surface area contributed by atoms with Gasteiger partial charge in [-0.2, -0.15) is 8.78 Å². The lowest BCUT2D eigenvalue weighted by atomic mass is 10.1. The van der Waals surface area contributed by atoms with Gasteiger partial charge in [0.15, 0.2) is 0 Å². The Hall–Kier alpha value is -0.940. The fourth-order valence-corrected chi connectivity index (χ4v) is 2.74. The Bertz CT molecular complexity index is 510. The Kier molecular flexibility index (Phi) is 2.99. The predicted molar refractivity (Wildman–Crippen MR) is 65.9 cm³/mol. The second kappa shape index (κ2) is 4.14. The molecule has 0 aliphatic carbocycles. The highest BCUT2D eigenvalue weighted by Gasteiger charge is 2.35. The van der Waals surface area contributed by atoms with Gasteiger partial charge in [0.05, 0.1) is 8.66 Å². The molecule has 2 N–H and O–H groups in total. The number of benzene rings is 1. The number of thiophene rings is 1. The first-order valence-corrected chi connectivity index (χ1v) is 6.11. The molecular formula is C11H8BrF2NS. The van der Waals surface area contributed by atoms with E-state index in [1.165, 1.54) is 24.3 Å². The molecule has 0 unspecified atom stereocenters. The Morgan fingerprint density at radius 2 is 1.94 bits per heavy atom. The Labute approximate surface area is 104 Å². The van der Waals surface area contributed by atoms with Gasteiger partial charge in [0.25, 0.3) is 0 Å². The van der Waals surface area contributed by atoms with Crippen LogP contribution in [0, 0.1) is 0 Å². The highest BCUT2D eigenvalue weighted by atomic mass is 79.9. The first-order chi connectivity index (χ1) is 7.50. The molecule has 2 aromatic rings. The van der Waals surface area contributed by atoms with E-state index in [1.54, 1.807) is 12.1 Å². The zero-order valence-electron chi connectivity index (χ0n) is 8.08. The number of alkyl halides is 2. The van der Waals surface area contributed by atoms with E-state index in [0.717, 1.165) is 11.3 Å². The molecule has 0 atom stereocenters. The van der Waals surface area contributed by atoms with Gasteiger partial charge in [-0.25, -0.2) is 0 Å². The second-order valence-electron chi connectivity index (χ2n) is 3.30. The fraction of sp³-hybridized carbons (Fsp3) is 0.0909. The molecule has 1 nitrogen and oxygen atoms in total. The van der Waals surface area contributed by atoms with Crippen LogP contribution in [0.4, 0.5) is 14.5 Å². The van der Waals surface area contributed by atoms with Gasteiger partial charge in [-0.05, 0) is 40.2 Å². The molecule has 0 aliphatic rings. The molecule has 0 radical (unpaired) electrons. The number of rotatable bonds is 2. The van der Waals surface area contributed by atoms with E-state index < -0.39 is 5.92 Å². The van der Waals surface area contributed by atoms with Crippen molar-refractivity contribution in [2.24, 2.45) is 0 Å². The van der Waals surface area contributed by atoms with Crippen LogP contribution in [0.2, 0.25) is 0 Å². The quantitative estimate of drug-likeness (QED) is 0.825. The van der Waals surface area contributed by atoms with Gasteiger partial charge in [-0.3, -0.25) is 0 Å². The van der Waals surface area contributed by atoms with Crippen molar-refractivity contribution in [1.82, 2.24) is 0 Å². The van der Waals surface area contributed by atoms with Crippen molar-refractivity contribution in [3.8, 4) is 0 Å². The number of halogens is 3. The number of hydrogen-bond acceptors (Lipinski definition) is 2. The standard InChI is InChI=1S/C11H8BrF2NS/c12-10-5-4-9(16-10)11(13,14)7-2-1-3-8(15)6-7/h1-6H,15H2. The van der Waals surface area contributed by atoms with E-state index in [9.17, 15) is 8.78 Å². The van der Waals surface area contributed by atoms with Crippen molar-refractivity contribution in [3.63, 3.8) is 0 Å². The monoisotopic (exact) mass is 303 g/mol. The van der Waals surface area contributed by atoms with Gasteiger partial charge < -0.3 is 5.73 Å². The first kappa shape index (κ1) is 11.5. The van der Waals surface area contributed by atoms with Gasteiger partial charge in [-0.1, -0.05) is 12.1 Å². The summed E-state index contributed by atoms with van der Waals surface area (Å²) in [5, 5.41) is 0. The van der Waals surface area contributed by atoms with Crippen LogP contribution >= 0.6 is 27.3 Å². The summed E-state index contributed by atoms with van der Waals surface area (Å²) in [7, 11) is 0. The highest BCUT2D eigenvalue weighted by molar-refractivity contribution is 9.11. The minimum atomic E-state index is -2.99. The van der Waals surface area contributed by atoms with Crippen LogP contribution in [0.5, 0.6) is 0 Å². The molecule has 0 amide bonds. The van der Waals surface area contributed by atoms with Crippen molar-refractivity contribution >= 4 is 33.0 Å². The molecule has 0 spiro atoms.